The van der Waals surface area contributed by atoms with Gasteiger partial charge in [-0.15, -0.1) is 0 Å². The minimum absolute atomic E-state index is 0.245. The van der Waals surface area contributed by atoms with Crippen LogP contribution in [0, 0.1) is 6.92 Å². The molecule has 0 bridgehead atoms. The van der Waals surface area contributed by atoms with Gasteiger partial charge in [0.1, 0.15) is 17.2 Å². The van der Waals surface area contributed by atoms with Gasteiger partial charge in [0.05, 0.1) is 0 Å². The Morgan fingerprint density at radius 3 is 2.28 bits per heavy atom. The van der Waals surface area contributed by atoms with Gasteiger partial charge in [0.25, 0.3) is 0 Å². The molecule has 2 nitrogen and oxygen atoms in total. The lowest BCUT2D eigenvalue weighted by Gasteiger charge is -2.12. The van der Waals surface area contributed by atoms with E-state index in [1.165, 1.54) is 5.56 Å². The van der Waals surface area contributed by atoms with Crippen molar-refractivity contribution in [2.24, 2.45) is 0 Å². The number of hydrogen-bond acceptors (Lipinski definition) is 2. The Balaban J connectivity index is 2.27. The van der Waals surface area contributed by atoms with Gasteiger partial charge in [0.2, 0.25) is 0 Å². The molecule has 0 fully saturated rings. The highest BCUT2D eigenvalue weighted by Crippen LogP contribution is 2.29. The quantitative estimate of drug-likeness (QED) is 0.851. The SMILES string of the molecule is Cc1ccc(C(C)C)cc1Oc1ccc(O)cc1. The van der Waals surface area contributed by atoms with Crippen molar-refractivity contribution in [3.63, 3.8) is 0 Å². The van der Waals surface area contributed by atoms with E-state index in [0.717, 1.165) is 17.1 Å². The molecule has 2 rings (SSSR count). The Labute approximate surface area is 108 Å². The molecule has 94 valence electrons. The van der Waals surface area contributed by atoms with Gasteiger partial charge in [-0.25, -0.2) is 0 Å². The molecule has 2 aromatic carbocycles. The van der Waals surface area contributed by atoms with Gasteiger partial charge in [0, 0.05) is 0 Å². The third-order valence-corrected chi connectivity index (χ3v) is 2.94. The molecule has 0 amide bonds. The number of aryl methyl sites for hydroxylation is 1. The maximum Gasteiger partial charge on any atom is 0.130 e. The second kappa shape index (κ2) is 5.13. The summed E-state index contributed by atoms with van der Waals surface area (Å²) >= 11 is 0. The molecule has 0 saturated carbocycles. The monoisotopic (exact) mass is 242 g/mol. The highest BCUT2D eigenvalue weighted by Gasteiger charge is 2.05. The van der Waals surface area contributed by atoms with Crippen LogP contribution in [0.3, 0.4) is 0 Å². The molecule has 2 aromatic rings. The average Bonchev–Trinajstić information content (AvgIpc) is 2.34. The molecule has 2 heteroatoms. The number of rotatable bonds is 3. The smallest absolute Gasteiger partial charge is 0.130 e. The standard InChI is InChI=1S/C16H18O2/c1-11(2)13-5-4-12(3)16(10-13)18-15-8-6-14(17)7-9-15/h4-11,17H,1-3H3. The van der Waals surface area contributed by atoms with Crippen molar-refractivity contribution >= 4 is 0 Å². The summed E-state index contributed by atoms with van der Waals surface area (Å²) in [7, 11) is 0. The van der Waals surface area contributed by atoms with Crippen molar-refractivity contribution < 1.29 is 9.84 Å². The van der Waals surface area contributed by atoms with Gasteiger partial charge in [-0.05, 0) is 54.3 Å². The number of aromatic hydroxyl groups is 1. The predicted octanol–water partition coefficient (Wildman–Crippen LogP) is 4.62. The first-order valence-electron chi connectivity index (χ1n) is 6.13. The van der Waals surface area contributed by atoms with Crippen molar-refractivity contribution in [3.05, 3.63) is 53.6 Å². The first kappa shape index (κ1) is 12.5. The van der Waals surface area contributed by atoms with Crippen LogP contribution in [0.25, 0.3) is 0 Å². The summed E-state index contributed by atoms with van der Waals surface area (Å²) in [4.78, 5) is 0. The molecule has 0 saturated heterocycles. The minimum atomic E-state index is 0.245. The third-order valence-electron chi connectivity index (χ3n) is 2.94. The molecule has 0 aliphatic rings. The molecule has 0 radical (unpaired) electrons. The molecule has 0 spiro atoms. The molecule has 0 aliphatic carbocycles. The van der Waals surface area contributed by atoms with Crippen LogP contribution < -0.4 is 4.74 Å². The zero-order valence-electron chi connectivity index (χ0n) is 11.0. The van der Waals surface area contributed by atoms with E-state index in [9.17, 15) is 5.11 Å². The van der Waals surface area contributed by atoms with Crippen molar-refractivity contribution in [1.29, 1.82) is 0 Å². The Hall–Kier alpha value is -1.96. The zero-order chi connectivity index (χ0) is 13.1. The van der Waals surface area contributed by atoms with E-state index in [2.05, 4.69) is 32.0 Å². The summed E-state index contributed by atoms with van der Waals surface area (Å²) in [6, 6.07) is 13.0. The maximum absolute atomic E-state index is 9.24. The Bertz CT molecular complexity index is 527. The number of ether oxygens (including phenoxy) is 1. The van der Waals surface area contributed by atoms with Crippen LogP contribution in [0.5, 0.6) is 17.2 Å². The summed E-state index contributed by atoms with van der Waals surface area (Å²) in [5.41, 5.74) is 2.36. The fraction of sp³-hybridized carbons (Fsp3) is 0.250. The first-order valence-corrected chi connectivity index (χ1v) is 6.13. The average molecular weight is 242 g/mol. The Morgan fingerprint density at radius 1 is 1.00 bits per heavy atom. The fourth-order valence-corrected chi connectivity index (χ4v) is 1.73. The lowest BCUT2D eigenvalue weighted by Crippen LogP contribution is -1.92. The normalized spacial score (nSPS) is 10.7. The molecule has 0 aliphatic heterocycles. The van der Waals surface area contributed by atoms with Crippen molar-refractivity contribution in [1.82, 2.24) is 0 Å². The number of phenols is 1. The molecular formula is C16H18O2. The topological polar surface area (TPSA) is 29.5 Å². The summed E-state index contributed by atoms with van der Waals surface area (Å²) in [5, 5.41) is 9.24. The van der Waals surface area contributed by atoms with Crippen molar-refractivity contribution in [2.45, 2.75) is 26.7 Å². The van der Waals surface area contributed by atoms with Gasteiger partial charge in [-0.1, -0.05) is 26.0 Å². The third kappa shape index (κ3) is 2.83. The van der Waals surface area contributed by atoms with E-state index in [-0.39, 0.29) is 5.75 Å². The van der Waals surface area contributed by atoms with Crippen LogP contribution in [0.1, 0.15) is 30.9 Å². The fourth-order valence-electron chi connectivity index (χ4n) is 1.73. The van der Waals surface area contributed by atoms with Crippen molar-refractivity contribution in [2.75, 3.05) is 0 Å². The largest absolute Gasteiger partial charge is 0.508 e. The molecule has 0 aromatic heterocycles. The van der Waals surface area contributed by atoms with Crippen LogP contribution in [0.2, 0.25) is 0 Å². The Morgan fingerprint density at radius 2 is 1.67 bits per heavy atom. The number of phenolic OH excluding ortho intramolecular Hbond substituents is 1. The summed E-state index contributed by atoms with van der Waals surface area (Å²) in [5.74, 6) is 2.33. The zero-order valence-corrected chi connectivity index (χ0v) is 11.0. The van der Waals surface area contributed by atoms with Crippen LogP contribution in [0.4, 0.5) is 0 Å². The first-order chi connectivity index (χ1) is 8.56. The molecule has 18 heavy (non-hydrogen) atoms. The lowest BCUT2D eigenvalue weighted by molar-refractivity contribution is 0.462. The highest BCUT2D eigenvalue weighted by atomic mass is 16.5. The van der Waals surface area contributed by atoms with E-state index in [1.54, 1.807) is 24.3 Å². The second-order valence-corrected chi connectivity index (χ2v) is 4.78. The van der Waals surface area contributed by atoms with Gasteiger partial charge in [0.15, 0.2) is 0 Å². The van der Waals surface area contributed by atoms with Crippen LogP contribution in [0.15, 0.2) is 42.5 Å². The predicted molar refractivity (Wildman–Crippen MR) is 73.4 cm³/mol. The van der Waals surface area contributed by atoms with Gasteiger partial charge in [-0.2, -0.15) is 0 Å². The molecule has 0 atom stereocenters. The van der Waals surface area contributed by atoms with Crippen LogP contribution in [-0.2, 0) is 0 Å². The van der Waals surface area contributed by atoms with Gasteiger partial charge >= 0.3 is 0 Å². The second-order valence-electron chi connectivity index (χ2n) is 4.78. The van der Waals surface area contributed by atoms with Crippen molar-refractivity contribution in [3.8, 4) is 17.2 Å². The summed E-state index contributed by atoms with van der Waals surface area (Å²) in [6.45, 7) is 6.35. The number of hydrogen-bond donors (Lipinski definition) is 1. The summed E-state index contributed by atoms with van der Waals surface area (Å²) in [6.07, 6.45) is 0. The van der Waals surface area contributed by atoms with E-state index in [0.29, 0.717) is 5.92 Å². The molecule has 1 N–H and O–H groups in total. The van der Waals surface area contributed by atoms with Crippen LogP contribution in [-0.4, -0.2) is 5.11 Å². The van der Waals surface area contributed by atoms with E-state index in [1.807, 2.05) is 6.92 Å². The highest BCUT2D eigenvalue weighted by molar-refractivity contribution is 5.41. The minimum Gasteiger partial charge on any atom is -0.508 e. The number of benzene rings is 2. The van der Waals surface area contributed by atoms with Gasteiger partial charge < -0.3 is 9.84 Å². The maximum atomic E-state index is 9.24. The van der Waals surface area contributed by atoms with Gasteiger partial charge in [-0.3, -0.25) is 0 Å². The van der Waals surface area contributed by atoms with E-state index >= 15 is 0 Å². The molecular weight excluding hydrogens is 224 g/mol. The lowest BCUT2D eigenvalue weighted by atomic mass is 10.0. The summed E-state index contributed by atoms with van der Waals surface area (Å²) < 4.78 is 5.84. The van der Waals surface area contributed by atoms with E-state index in [4.69, 9.17) is 4.74 Å². The van der Waals surface area contributed by atoms with Crippen LogP contribution >= 0.6 is 0 Å². The van der Waals surface area contributed by atoms with E-state index < -0.39 is 0 Å². The molecule has 0 heterocycles. The Kier molecular flexibility index (Phi) is 3.56. The molecule has 0 unspecified atom stereocenters.